The van der Waals surface area contributed by atoms with Gasteiger partial charge in [0.15, 0.2) is 5.17 Å². The molecule has 0 spiro atoms. The molecule has 0 amide bonds. The van der Waals surface area contributed by atoms with Gasteiger partial charge in [0.1, 0.15) is 0 Å². The first-order chi connectivity index (χ1) is 7.72. The molecule has 0 N–H and O–H groups in total. The van der Waals surface area contributed by atoms with Crippen LogP contribution in [0.1, 0.15) is 19.8 Å². The van der Waals surface area contributed by atoms with Crippen LogP contribution in [0.15, 0.2) is 4.99 Å². The van der Waals surface area contributed by atoms with E-state index < -0.39 is 0 Å². The molecule has 0 bridgehead atoms. The third kappa shape index (κ3) is 3.39. The maximum absolute atomic E-state index is 8.59. The van der Waals surface area contributed by atoms with Crippen molar-refractivity contribution in [3.8, 4) is 6.19 Å². The summed E-state index contributed by atoms with van der Waals surface area (Å²) in [6, 6.07) is 0.617. The Morgan fingerprint density at radius 3 is 3.00 bits per heavy atom. The summed E-state index contributed by atoms with van der Waals surface area (Å²) in [6.45, 7) is 5.49. The fourth-order valence-corrected chi connectivity index (χ4v) is 2.76. The lowest BCUT2D eigenvalue weighted by molar-refractivity contribution is 0.236. The van der Waals surface area contributed by atoms with Crippen molar-refractivity contribution in [1.82, 2.24) is 9.80 Å². The maximum atomic E-state index is 8.59. The van der Waals surface area contributed by atoms with Crippen LogP contribution in [-0.4, -0.2) is 53.9 Å². The van der Waals surface area contributed by atoms with Gasteiger partial charge in [-0.3, -0.25) is 4.90 Å². The zero-order valence-corrected chi connectivity index (χ0v) is 11.1. The van der Waals surface area contributed by atoms with Gasteiger partial charge in [-0.25, -0.2) is 0 Å². The van der Waals surface area contributed by atoms with Crippen molar-refractivity contribution in [3.63, 3.8) is 0 Å². The van der Waals surface area contributed by atoms with E-state index in [0.29, 0.717) is 6.04 Å². The Morgan fingerprint density at radius 1 is 1.69 bits per heavy atom. The Morgan fingerprint density at radius 2 is 2.44 bits per heavy atom. The van der Waals surface area contributed by atoms with E-state index in [0.717, 1.165) is 18.3 Å². The summed E-state index contributed by atoms with van der Waals surface area (Å²) in [4.78, 5) is 8.42. The van der Waals surface area contributed by atoms with Crippen LogP contribution in [0.4, 0.5) is 0 Å². The molecular weight excluding hydrogens is 220 g/mol. The predicted octanol–water partition coefficient (Wildman–Crippen LogP) is 1.60. The zero-order valence-electron chi connectivity index (χ0n) is 10.3. The van der Waals surface area contributed by atoms with Gasteiger partial charge >= 0.3 is 0 Å². The molecular formula is C11H20N4S. The average molecular weight is 240 g/mol. The summed E-state index contributed by atoms with van der Waals surface area (Å²) in [5.41, 5.74) is 0. The van der Waals surface area contributed by atoms with E-state index in [9.17, 15) is 0 Å². The summed E-state index contributed by atoms with van der Waals surface area (Å²) in [6.07, 6.45) is 6.36. The van der Waals surface area contributed by atoms with Crippen LogP contribution in [0, 0.1) is 11.5 Å². The van der Waals surface area contributed by atoms with E-state index in [4.69, 9.17) is 5.26 Å². The molecule has 1 aliphatic rings. The molecule has 16 heavy (non-hydrogen) atoms. The van der Waals surface area contributed by atoms with E-state index in [2.05, 4.69) is 21.7 Å². The highest BCUT2D eigenvalue weighted by atomic mass is 32.2. The molecule has 1 fully saturated rings. The topological polar surface area (TPSA) is 42.6 Å². The first kappa shape index (κ1) is 13.3. The lowest BCUT2D eigenvalue weighted by atomic mass is 10.2. The van der Waals surface area contributed by atoms with Crippen LogP contribution < -0.4 is 0 Å². The van der Waals surface area contributed by atoms with Crippen LogP contribution in [0.25, 0.3) is 0 Å². The van der Waals surface area contributed by atoms with E-state index in [-0.39, 0.29) is 0 Å². The first-order valence-electron chi connectivity index (χ1n) is 5.68. The molecule has 5 heteroatoms. The number of hydrogen-bond acceptors (Lipinski definition) is 4. The Kier molecular flexibility index (Phi) is 5.64. The molecule has 0 aliphatic carbocycles. The minimum absolute atomic E-state index is 0.617. The molecule has 1 aliphatic heterocycles. The molecule has 0 saturated carbocycles. The number of hydrogen-bond donors (Lipinski definition) is 0. The quantitative estimate of drug-likeness (QED) is 0.427. The molecule has 0 aromatic rings. The lowest BCUT2D eigenvalue weighted by Gasteiger charge is -2.28. The lowest BCUT2D eigenvalue weighted by Crippen LogP contribution is -2.40. The maximum Gasteiger partial charge on any atom is 0.208 e. The number of nitriles is 1. The van der Waals surface area contributed by atoms with Crippen LogP contribution >= 0.6 is 11.8 Å². The number of aliphatic imine (C=N–C) groups is 1. The van der Waals surface area contributed by atoms with Gasteiger partial charge in [0.2, 0.25) is 6.19 Å². The highest BCUT2D eigenvalue weighted by molar-refractivity contribution is 8.13. The summed E-state index contributed by atoms with van der Waals surface area (Å²) in [5.74, 6) is 0. The third-order valence-corrected chi connectivity index (χ3v) is 3.81. The second-order valence-corrected chi connectivity index (χ2v) is 4.78. The van der Waals surface area contributed by atoms with E-state index in [1.807, 2.05) is 19.5 Å². The molecule has 4 nitrogen and oxygen atoms in total. The second-order valence-electron chi connectivity index (χ2n) is 4.00. The number of amidine groups is 1. The Balaban J connectivity index is 2.53. The predicted molar refractivity (Wildman–Crippen MR) is 69.5 cm³/mol. The smallest absolute Gasteiger partial charge is 0.208 e. The molecule has 1 atom stereocenters. The third-order valence-electron chi connectivity index (χ3n) is 3.04. The van der Waals surface area contributed by atoms with E-state index >= 15 is 0 Å². The van der Waals surface area contributed by atoms with Gasteiger partial charge in [-0.1, -0.05) is 18.7 Å². The van der Waals surface area contributed by atoms with Crippen LogP contribution in [0.5, 0.6) is 0 Å². The normalized spacial score (nSPS) is 22.1. The largest absolute Gasteiger partial charge is 0.352 e. The Labute approximate surface area is 102 Å². The van der Waals surface area contributed by atoms with E-state index in [1.54, 1.807) is 0 Å². The van der Waals surface area contributed by atoms with Gasteiger partial charge in [0.25, 0.3) is 0 Å². The number of rotatable bonds is 3. The van der Waals surface area contributed by atoms with Crippen molar-refractivity contribution >= 4 is 16.9 Å². The van der Waals surface area contributed by atoms with Crippen molar-refractivity contribution in [2.75, 3.05) is 32.9 Å². The molecule has 1 rings (SSSR count). The summed E-state index contributed by atoms with van der Waals surface area (Å²) >= 11 is 1.53. The van der Waals surface area contributed by atoms with Crippen molar-refractivity contribution in [1.29, 1.82) is 5.26 Å². The van der Waals surface area contributed by atoms with Gasteiger partial charge in [-0.15, -0.1) is 4.99 Å². The van der Waals surface area contributed by atoms with E-state index in [1.165, 1.54) is 31.1 Å². The van der Waals surface area contributed by atoms with Gasteiger partial charge in [-0.05, 0) is 32.2 Å². The summed E-state index contributed by atoms with van der Waals surface area (Å²) in [5, 5.41) is 9.40. The molecule has 1 unspecified atom stereocenters. The highest BCUT2D eigenvalue weighted by Gasteiger charge is 2.24. The standard InChI is InChI=1S/C11H20N4S/c1-4-15-7-5-6-10(15)8-14(2)11(16-3)13-9-12/h10H,4-8H2,1-3H3. The first-order valence-corrected chi connectivity index (χ1v) is 6.91. The fraction of sp³-hybridized carbons (Fsp3) is 0.818. The number of nitrogens with zero attached hydrogens (tertiary/aromatic N) is 4. The van der Waals surface area contributed by atoms with Crippen LogP contribution in [0.3, 0.4) is 0 Å². The monoisotopic (exact) mass is 240 g/mol. The average Bonchev–Trinajstić information content (AvgIpc) is 2.72. The minimum Gasteiger partial charge on any atom is -0.352 e. The highest BCUT2D eigenvalue weighted by Crippen LogP contribution is 2.18. The SMILES string of the molecule is CCN1CCCC1CN(C)C(=NC#N)SC. The number of thioether (sulfide) groups is 1. The molecule has 1 saturated heterocycles. The van der Waals surface area contributed by atoms with Crippen LogP contribution in [0.2, 0.25) is 0 Å². The molecule has 90 valence electrons. The zero-order chi connectivity index (χ0) is 12.0. The number of likely N-dealkylation sites (N-methyl/N-ethyl adjacent to an activating group) is 2. The van der Waals surface area contributed by atoms with Gasteiger partial charge in [-0.2, -0.15) is 5.26 Å². The van der Waals surface area contributed by atoms with Crippen molar-refractivity contribution < 1.29 is 0 Å². The minimum atomic E-state index is 0.617. The van der Waals surface area contributed by atoms with Gasteiger partial charge < -0.3 is 4.90 Å². The van der Waals surface area contributed by atoms with Crippen molar-refractivity contribution in [3.05, 3.63) is 0 Å². The van der Waals surface area contributed by atoms with Gasteiger partial charge in [0, 0.05) is 19.6 Å². The van der Waals surface area contributed by atoms with Crippen molar-refractivity contribution in [2.24, 2.45) is 4.99 Å². The summed E-state index contributed by atoms with van der Waals surface area (Å²) < 4.78 is 0. The second kappa shape index (κ2) is 6.77. The Hall–Kier alpha value is -0.730. The summed E-state index contributed by atoms with van der Waals surface area (Å²) in [7, 11) is 2.01. The molecule has 0 aromatic carbocycles. The van der Waals surface area contributed by atoms with Crippen molar-refractivity contribution in [2.45, 2.75) is 25.8 Å². The molecule has 1 heterocycles. The fourth-order valence-electron chi connectivity index (χ4n) is 2.24. The van der Waals surface area contributed by atoms with Gasteiger partial charge in [0.05, 0.1) is 0 Å². The molecule has 0 aromatic heterocycles. The van der Waals surface area contributed by atoms with Crippen LogP contribution in [-0.2, 0) is 0 Å². The molecule has 0 radical (unpaired) electrons. The Bertz CT molecular complexity index is 284. The number of likely N-dealkylation sites (tertiary alicyclic amines) is 1.